The minimum absolute atomic E-state index is 0.487. The number of benzene rings is 1. The second-order valence-electron chi connectivity index (χ2n) is 5.43. The molecule has 1 aromatic heterocycles. The normalized spacial score (nSPS) is 11.5. The standard InChI is InChI=1S/C18H25N3/c1-5-20(6-2)18-9-7-17(8-10-18)19-13-16-11-12-21(14-16)15(3)4/h7-15H,5-6H2,1-4H3. The van der Waals surface area contributed by atoms with E-state index in [1.165, 1.54) is 5.69 Å². The topological polar surface area (TPSA) is 20.5 Å². The van der Waals surface area contributed by atoms with Gasteiger partial charge in [-0.3, -0.25) is 4.99 Å². The summed E-state index contributed by atoms with van der Waals surface area (Å²) in [6, 6.07) is 11.0. The molecule has 0 unspecified atom stereocenters. The molecular weight excluding hydrogens is 258 g/mol. The zero-order valence-electron chi connectivity index (χ0n) is 13.5. The van der Waals surface area contributed by atoms with Crippen LogP contribution in [0.4, 0.5) is 11.4 Å². The molecule has 0 amide bonds. The van der Waals surface area contributed by atoms with Crippen molar-refractivity contribution in [1.82, 2.24) is 4.57 Å². The third-order valence-electron chi connectivity index (χ3n) is 3.67. The molecule has 112 valence electrons. The molecule has 0 aliphatic heterocycles. The summed E-state index contributed by atoms with van der Waals surface area (Å²) in [5.41, 5.74) is 3.38. The van der Waals surface area contributed by atoms with E-state index >= 15 is 0 Å². The van der Waals surface area contributed by atoms with E-state index in [1.807, 2.05) is 6.21 Å². The molecule has 3 nitrogen and oxygen atoms in total. The van der Waals surface area contributed by atoms with Crippen LogP contribution >= 0.6 is 0 Å². The van der Waals surface area contributed by atoms with Gasteiger partial charge in [-0.25, -0.2) is 0 Å². The van der Waals surface area contributed by atoms with E-state index in [1.54, 1.807) is 0 Å². The van der Waals surface area contributed by atoms with E-state index < -0.39 is 0 Å². The van der Waals surface area contributed by atoms with Crippen molar-refractivity contribution in [1.29, 1.82) is 0 Å². The van der Waals surface area contributed by atoms with Crippen LogP contribution in [-0.4, -0.2) is 23.9 Å². The van der Waals surface area contributed by atoms with Crippen molar-refractivity contribution in [2.24, 2.45) is 4.99 Å². The Balaban J connectivity index is 2.07. The Morgan fingerprint density at radius 3 is 2.29 bits per heavy atom. The molecule has 2 rings (SSSR count). The fraction of sp³-hybridized carbons (Fsp3) is 0.389. The first-order valence-corrected chi connectivity index (χ1v) is 7.70. The van der Waals surface area contributed by atoms with Gasteiger partial charge in [0.2, 0.25) is 0 Å². The predicted octanol–water partition coefficient (Wildman–Crippen LogP) is 4.67. The summed E-state index contributed by atoms with van der Waals surface area (Å²) in [5.74, 6) is 0. The highest BCUT2D eigenvalue weighted by molar-refractivity contribution is 5.81. The van der Waals surface area contributed by atoms with Gasteiger partial charge >= 0.3 is 0 Å². The number of hydrogen-bond acceptors (Lipinski definition) is 2. The summed E-state index contributed by atoms with van der Waals surface area (Å²) < 4.78 is 2.19. The molecule has 21 heavy (non-hydrogen) atoms. The van der Waals surface area contributed by atoms with Gasteiger partial charge in [0, 0.05) is 49.0 Å². The third kappa shape index (κ3) is 3.97. The van der Waals surface area contributed by atoms with E-state index in [4.69, 9.17) is 0 Å². The second-order valence-corrected chi connectivity index (χ2v) is 5.43. The van der Waals surface area contributed by atoms with Crippen LogP contribution in [0.3, 0.4) is 0 Å². The van der Waals surface area contributed by atoms with Crippen molar-refractivity contribution in [3.05, 3.63) is 48.3 Å². The molecular formula is C18H25N3. The largest absolute Gasteiger partial charge is 0.372 e. The maximum atomic E-state index is 4.54. The summed E-state index contributed by atoms with van der Waals surface area (Å²) in [6.07, 6.45) is 6.14. The molecule has 0 bridgehead atoms. The first-order valence-electron chi connectivity index (χ1n) is 7.70. The van der Waals surface area contributed by atoms with E-state index in [9.17, 15) is 0 Å². The maximum absolute atomic E-state index is 4.54. The van der Waals surface area contributed by atoms with Crippen LogP contribution in [0.2, 0.25) is 0 Å². The van der Waals surface area contributed by atoms with Gasteiger partial charge in [0.15, 0.2) is 0 Å². The van der Waals surface area contributed by atoms with Crippen LogP contribution in [-0.2, 0) is 0 Å². The molecule has 1 aromatic carbocycles. The van der Waals surface area contributed by atoms with E-state index in [0.29, 0.717) is 6.04 Å². The number of hydrogen-bond donors (Lipinski definition) is 0. The molecule has 0 saturated heterocycles. The van der Waals surface area contributed by atoms with E-state index in [-0.39, 0.29) is 0 Å². The van der Waals surface area contributed by atoms with Crippen LogP contribution < -0.4 is 4.90 Å². The van der Waals surface area contributed by atoms with Crippen molar-refractivity contribution in [2.75, 3.05) is 18.0 Å². The Hall–Kier alpha value is -2.03. The van der Waals surface area contributed by atoms with Crippen LogP contribution in [0.5, 0.6) is 0 Å². The van der Waals surface area contributed by atoms with Crippen molar-refractivity contribution >= 4 is 17.6 Å². The second kappa shape index (κ2) is 7.11. The molecule has 0 N–H and O–H groups in total. The van der Waals surface area contributed by atoms with E-state index in [2.05, 4.69) is 84.9 Å². The lowest BCUT2D eigenvalue weighted by molar-refractivity contribution is 0.603. The number of rotatable bonds is 6. The van der Waals surface area contributed by atoms with Crippen molar-refractivity contribution in [3.63, 3.8) is 0 Å². The SMILES string of the molecule is CCN(CC)c1ccc(N=Cc2ccn(C(C)C)c2)cc1. The molecule has 0 saturated carbocycles. The summed E-state index contributed by atoms with van der Waals surface area (Å²) in [4.78, 5) is 6.87. The highest BCUT2D eigenvalue weighted by Crippen LogP contribution is 2.19. The van der Waals surface area contributed by atoms with Gasteiger partial charge in [0.1, 0.15) is 0 Å². The van der Waals surface area contributed by atoms with Gasteiger partial charge in [-0.2, -0.15) is 0 Å². The molecule has 1 heterocycles. The van der Waals surface area contributed by atoms with Gasteiger partial charge in [-0.1, -0.05) is 0 Å². The van der Waals surface area contributed by atoms with Gasteiger partial charge in [0.05, 0.1) is 5.69 Å². The lowest BCUT2D eigenvalue weighted by atomic mass is 10.2. The van der Waals surface area contributed by atoms with Crippen molar-refractivity contribution < 1.29 is 0 Å². The van der Waals surface area contributed by atoms with Crippen molar-refractivity contribution in [3.8, 4) is 0 Å². The first kappa shape index (κ1) is 15.4. The minimum Gasteiger partial charge on any atom is -0.372 e. The summed E-state index contributed by atoms with van der Waals surface area (Å²) in [7, 11) is 0. The molecule has 2 aromatic rings. The molecule has 0 fully saturated rings. The lowest BCUT2D eigenvalue weighted by Gasteiger charge is -2.20. The molecule has 0 aliphatic rings. The van der Waals surface area contributed by atoms with E-state index in [0.717, 1.165) is 24.3 Å². The molecule has 0 aliphatic carbocycles. The fourth-order valence-corrected chi connectivity index (χ4v) is 2.32. The highest BCUT2D eigenvalue weighted by atomic mass is 15.1. The number of nitrogens with zero attached hydrogens (tertiary/aromatic N) is 3. The summed E-state index contributed by atoms with van der Waals surface area (Å²) in [6.45, 7) is 10.8. The summed E-state index contributed by atoms with van der Waals surface area (Å²) >= 11 is 0. The Morgan fingerprint density at radius 2 is 1.76 bits per heavy atom. The molecule has 0 radical (unpaired) electrons. The number of anilines is 1. The third-order valence-corrected chi connectivity index (χ3v) is 3.67. The Kier molecular flexibility index (Phi) is 5.20. The van der Waals surface area contributed by atoms with Crippen LogP contribution in [0.15, 0.2) is 47.7 Å². The van der Waals surface area contributed by atoms with Gasteiger partial charge in [-0.05, 0) is 58.0 Å². The van der Waals surface area contributed by atoms with Crippen molar-refractivity contribution in [2.45, 2.75) is 33.7 Å². The Morgan fingerprint density at radius 1 is 1.10 bits per heavy atom. The zero-order valence-corrected chi connectivity index (χ0v) is 13.5. The fourth-order valence-electron chi connectivity index (χ4n) is 2.32. The first-order chi connectivity index (χ1) is 10.1. The van der Waals surface area contributed by atoms with Crippen LogP contribution in [0.1, 0.15) is 39.3 Å². The smallest absolute Gasteiger partial charge is 0.0631 e. The lowest BCUT2D eigenvalue weighted by Crippen LogP contribution is -2.21. The van der Waals surface area contributed by atoms with Crippen LogP contribution in [0, 0.1) is 0 Å². The number of aliphatic imine (C=N–C) groups is 1. The summed E-state index contributed by atoms with van der Waals surface area (Å²) in [5, 5.41) is 0. The Labute approximate surface area is 127 Å². The molecule has 0 atom stereocenters. The average molecular weight is 283 g/mol. The average Bonchev–Trinajstić information content (AvgIpc) is 2.97. The monoisotopic (exact) mass is 283 g/mol. The minimum atomic E-state index is 0.487. The van der Waals surface area contributed by atoms with Gasteiger partial charge in [0.25, 0.3) is 0 Å². The highest BCUT2D eigenvalue weighted by Gasteiger charge is 2.01. The number of aromatic nitrogens is 1. The zero-order chi connectivity index (χ0) is 15.2. The molecule has 3 heteroatoms. The predicted molar refractivity (Wildman–Crippen MR) is 92.1 cm³/mol. The van der Waals surface area contributed by atoms with Gasteiger partial charge in [-0.15, -0.1) is 0 Å². The maximum Gasteiger partial charge on any atom is 0.0631 e. The quantitative estimate of drug-likeness (QED) is 0.706. The Bertz CT molecular complexity index is 575. The molecule has 0 spiro atoms. The van der Waals surface area contributed by atoms with Crippen LogP contribution in [0.25, 0.3) is 0 Å². The van der Waals surface area contributed by atoms with Gasteiger partial charge < -0.3 is 9.47 Å².